The molecule has 3 rings (SSSR count). The number of carbonyl (C=O) groups is 1. The van der Waals surface area contributed by atoms with E-state index in [1.165, 1.54) is 12.1 Å². The first-order chi connectivity index (χ1) is 12.0. The lowest BCUT2D eigenvalue weighted by Gasteiger charge is -2.22. The van der Waals surface area contributed by atoms with Crippen LogP contribution in [0.2, 0.25) is 0 Å². The first kappa shape index (κ1) is 17.1. The van der Waals surface area contributed by atoms with Crippen molar-refractivity contribution in [1.82, 2.24) is 20.4 Å². The summed E-state index contributed by atoms with van der Waals surface area (Å²) >= 11 is 0. The molecule has 0 radical (unpaired) electrons. The van der Waals surface area contributed by atoms with Crippen molar-refractivity contribution in [3.63, 3.8) is 0 Å². The number of benzene rings is 1. The smallest absolute Gasteiger partial charge is 0.269 e. The van der Waals surface area contributed by atoms with Crippen LogP contribution in [-0.4, -0.2) is 40.2 Å². The Balaban J connectivity index is 1.75. The zero-order chi connectivity index (χ0) is 17.8. The molecule has 2 N–H and O–H groups in total. The fourth-order valence-electron chi connectivity index (χ4n) is 3.04. The molecule has 1 aromatic carbocycles. The largest absolute Gasteiger partial charge is 0.352 e. The van der Waals surface area contributed by atoms with Gasteiger partial charge in [-0.15, -0.1) is 0 Å². The average Bonchev–Trinajstić information content (AvgIpc) is 3.02. The third-order valence-corrected chi connectivity index (χ3v) is 4.38. The van der Waals surface area contributed by atoms with E-state index < -0.39 is 4.92 Å². The molecule has 1 aliphatic heterocycles. The number of carbonyl (C=O) groups excluding carboxylic acids is 1. The molecule has 1 saturated heterocycles. The molecule has 1 unspecified atom stereocenters. The van der Waals surface area contributed by atoms with Crippen LogP contribution in [-0.2, 0) is 7.05 Å². The summed E-state index contributed by atoms with van der Waals surface area (Å²) in [6.07, 6.45) is 3.90. The minimum Gasteiger partial charge on any atom is -0.352 e. The predicted octanol–water partition coefficient (Wildman–Crippen LogP) is 1.72. The van der Waals surface area contributed by atoms with Crippen LogP contribution in [0.1, 0.15) is 23.2 Å². The molecule has 0 spiro atoms. The highest BCUT2D eigenvalue weighted by Crippen LogP contribution is 2.24. The summed E-state index contributed by atoms with van der Waals surface area (Å²) < 4.78 is 1.58. The minimum atomic E-state index is -0.450. The molecule has 0 aliphatic carbocycles. The Morgan fingerprint density at radius 3 is 2.84 bits per heavy atom. The fraction of sp³-hybridized carbons (Fsp3) is 0.412. The number of aryl methyl sites for hydroxylation is 1. The van der Waals surface area contributed by atoms with Gasteiger partial charge in [-0.2, -0.15) is 5.10 Å². The monoisotopic (exact) mass is 343 g/mol. The maximum absolute atomic E-state index is 12.6. The van der Waals surface area contributed by atoms with Gasteiger partial charge in [-0.1, -0.05) is 0 Å². The quantitative estimate of drug-likeness (QED) is 0.636. The van der Waals surface area contributed by atoms with Gasteiger partial charge in [0.05, 0.1) is 10.5 Å². The number of hydrogen-bond acceptors (Lipinski definition) is 5. The summed E-state index contributed by atoms with van der Waals surface area (Å²) in [5, 5.41) is 21.4. The van der Waals surface area contributed by atoms with Crippen LogP contribution in [0.4, 0.5) is 5.69 Å². The Labute approximate surface area is 145 Å². The van der Waals surface area contributed by atoms with E-state index in [-0.39, 0.29) is 11.6 Å². The molecule has 0 saturated carbocycles. The van der Waals surface area contributed by atoms with Gasteiger partial charge >= 0.3 is 0 Å². The van der Waals surface area contributed by atoms with Crippen molar-refractivity contribution in [1.29, 1.82) is 0 Å². The molecule has 1 aromatic heterocycles. The van der Waals surface area contributed by atoms with Gasteiger partial charge < -0.3 is 10.6 Å². The lowest BCUT2D eigenvalue weighted by Crippen LogP contribution is -2.38. The maximum Gasteiger partial charge on any atom is 0.269 e. The minimum absolute atomic E-state index is 0.00970. The van der Waals surface area contributed by atoms with Crippen LogP contribution in [0, 0.1) is 16.0 Å². The van der Waals surface area contributed by atoms with Crippen LogP contribution in [0.15, 0.2) is 30.5 Å². The van der Waals surface area contributed by atoms with Crippen LogP contribution < -0.4 is 10.6 Å². The number of nitro benzene ring substituents is 1. The van der Waals surface area contributed by atoms with Gasteiger partial charge in [-0.05, 0) is 44.0 Å². The van der Waals surface area contributed by atoms with Gasteiger partial charge in [0.25, 0.3) is 11.6 Å². The van der Waals surface area contributed by atoms with Crippen molar-refractivity contribution in [3.8, 4) is 11.3 Å². The molecule has 8 nitrogen and oxygen atoms in total. The molecule has 2 aromatic rings. The van der Waals surface area contributed by atoms with Gasteiger partial charge in [-0.25, -0.2) is 0 Å². The summed E-state index contributed by atoms with van der Waals surface area (Å²) in [7, 11) is 1.75. The fourth-order valence-corrected chi connectivity index (χ4v) is 3.04. The number of nitrogens with zero attached hydrogens (tertiary/aromatic N) is 3. The molecule has 132 valence electrons. The van der Waals surface area contributed by atoms with E-state index in [1.807, 2.05) is 0 Å². The van der Waals surface area contributed by atoms with Crippen LogP contribution in [0.5, 0.6) is 0 Å². The lowest BCUT2D eigenvalue weighted by molar-refractivity contribution is -0.384. The van der Waals surface area contributed by atoms with Gasteiger partial charge in [0.1, 0.15) is 5.69 Å². The molecular weight excluding hydrogens is 322 g/mol. The van der Waals surface area contributed by atoms with E-state index in [9.17, 15) is 14.9 Å². The van der Waals surface area contributed by atoms with Crippen LogP contribution in [0.25, 0.3) is 11.3 Å². The zero-order valence-corrected chi connectivity index (χ0v) is 14.1. The van der Waals surface area contributed by atoms with E-state index in [0.29, 0.717) is 29.3 Å². The molecule has 1 amide bonds. The summed E-state index contributed by atoms with van der Waals surface area (Å²) in [6, 6.07) is 6.06. The SMILES string of the molecule is Cn1cc(C(=O)NCC2CCCNC2)c(-c2ccc([N+](=O)[O-])cc2)n1. The second kappa shape index (κ2) is 7.43. The third-order valence-electron chi connectivity index (χ3n) is 4.38. The summed E-state index contributed by atoms with van der Waals surface area (Å²) in [4.78, 5) is 22.9. The Kier molecular flexibility index (Phi) is 5.08. The van der Waals surface area contributed by atoms with Gasteiger partial charge in [0.2, 0.25) is 0 Å². The number of nitrogens with one attached hydrogen (secondary N) is 2. The van der Waals surface area contributed by atoms with E-state index in [4.69, 9.17) is 0 Å². The molecule has 0 bridgehead atoms. The maximum atomic E-state index is 12.6. The third kappa shape index (κ3) is 4.03. The molecule has 2 heterocycles. The first-order valence-corrected chi connectivity index (χ1v) is 8.32. The topological polar surface area (TPSA) is 102 Å². The van der Waals surface area contributed by atoms with Crippen LogP contribution in [0.3, 0.4) is 0 Å². The van der Waals surface area contributed by atoms with E-state index in [0.717, 1.165) is 25.9 Å². The summed E-state index contributed by atoms with van der Waals surface area (Å²) in [6.45, 7) is 2.58. The van der Waals surface area contributed by atoms with Crippen molar-refractivity contribution in [2.24, 2.45) is 13.0 Å². The second-order valence-corrected chi connectivity index (χ2v) is 6.29. The Bertz CT molecular complexity index is 763. The lowest BCUT2D eigenvalue weighted by atomic mass is 9.99. The van der Waals surface area contributed by atoms with Crippen molar-refractivity contribution in [2.75, 3.05) is 19.6 Å². The number of aromatic nitrogens is 2. The highest BCUT2D eigenvalue weighted by Gasteiger charge is 2.20. The molecule has 1 aliphatic rings. The Morgan fingerprint density at radius 1 is 1.44 bits per heavy atom. The zero-order valence-electron chi connectivity index (χ0n) is 14.1. The Hall–Kier alpha value is -2.74. The standard InChI is InChI=1S/C17H21N5O3/c1-21-11-15(17(23)19-10-12-3-2-8-18-9-12)16(20-21)13-4-6-14(7-5-13)22(24)25/h4-7,11-12,18H,2-3,8-10H2,1H3,(H,19,23). The Morgan fingerprint density at radius 2 is 2.20 bits per heavy atom. The highest BCUT2D eigenvalue weighted by molar-refractivity contribution is 5.99. The van der Waals surface area contributed by atoms with Crippen molar-refractivity contribution >= 4 is 11.6 Å². The van der Waals surface area contributed by atoms with E-state index in [2.05, 4.69) is 15.7 Å². The van der Waals surface area contributed by atoms with Crippen molar-refractivity contribution in [2.45, 2.75) is 12.8 Å². The highest BCUT2D eigenvalue weighted by atomic mass is 16.6. The summed E-state index contributed by atoms with van der Waals surface area (Å²) in [5.74, 6) is 0.268. The predicted molar refractivity (Wildman–Crippen MR) is 93.2 cm³/mol. The second-order valence-electron chi connectivity index (χ2n) is 6.29. The van der Waals surface area contributed by atoms with Gasteiger partial charge in [-0.3, -0.25) is 19.6 Å². The van der Waals surface area contributed by atoms with Crippen LogP contribution >= 0.6 is 0 Å². The molecule has 1 atom stereocenters. The first-order valence-electron chi connectivity index (χ1n) is 8.32. The number of amides is 1. The van der Waals surface area contributed by atoms with Gasteiger partial charge in [0, 0.05) is 37.5 Å². The number of hydrogen-bond donors (Lipinski definition) is 2. The van der Waals surface area contributed by atoms with E-state index >= 15 is 0 Å². The molecular formula is C17H21N5O3. The average molecular weight is 343 g/mol. The number of nitro groups is 1. The van der Waals surface area contributed by atoms with Gasteiger partial charge in [0.15, 0.2) is 0 Å². The summed E-state index contributed by atoms with van der Waals surface area (Å²) in [5.41, 5.74) is 1.68. The number of piperidine rings is 1. The number of non-ortho nitro benzene ring substituents is 1. The number of rotatable bonds is 5. The van der Waals surface area contributed by atoms with Crippen molar-refractivity contribution in [3.05, 3.63) is 46.1 Å². The molecule has 1 fully saturated rings. The molecule has 25 heavy (non-hydrogen) atoms. The van der Waals surface area contributed by atoms with E-state index in [1.54, 1.807) is 30.1 Å². The molecule has 8 heteroatoms. The normalized spacial score (nSPS) is 17.2. The van der Waals surface area contributed by atoms with Crippen molar-refractivity contribution < 1.29 is 9.72 Å².